The molecule has 0 unspecified atom stereocenters. The van der Waals surface area contributed by atoms with Gasteiger partial charge in [0, 0.05) is 5.56 Å². The van der Waals surface area contributed by atoms with E-state index in [0.29, 0.717) is 5.56 Å². The highest BCUT2D eigenvalue weighted by Crippen LogP contribution is 2.20. The average Bonchev–Trinajstić information content (AvgIpc) is 2.08. The van der Waals surface area contributed by atoms with Gasteiger partial charge in [0.25, 0.3) is 0 Å². The molecule has 0 nitrogen and oxygen atoms in total. The van der Waals surface area contributed by atoms with E-state index in [-0.39, 0.29) is 5.82 Å². The first-order valence-corrected chi connectivity index (χ1v) is 4.09. The second kappa shape index (κ2) is 3.53. The summed E-state index contributed by atoms with van der Waals surface area (Å²) in [5.41, 5.74) is 2.58. The van der Waals surface area contributed by atoms with Gasteiger partial charge in [0.05, 0.1) is 0 Å². The van der Waals surface area contributed by atoms with Crippen LogP contribution in [0.2, 0.25) is 0 Å². The van der Waals surface area contributed by atoms with Gasteiger partial charge in [-0.1, -0.05) is 25.1 Å². The Kier molecular flexibility index (Phi) is 2.64. The Morgan fingerprint density at radius 1 is 1.50 bits per heavy atom. The Bertz CT molecular complexity index is 300. The fourth-order valence-corrected chi connectivity index (χ4v) is 1.10. The van der Waals surface area contributed by atoms with E-state index in [9.17, 15) is 4.39 Å². The summed E-state index contributed by atoms with van der Waals surface area (Å²) in [7, 11) is 0. The molecule has 0 amide bonds. The molecule has 0 fully saturated rings. The molecular formula is C11H13F. The summed E-state index contributed by atoms with van der Waals surface area (Å²) in [4.78, 5) is 0. The smallest absolute Gasteiger partial charge is 0.130 e. The fourth-order valence-electron chi connectivity index (χ4n) is 1.10. The lowest BCUT2D eigenvalue weighted by Crippen LogP contribution is -1.88. The molecule has 0 saturated heterocycles. The number of allylic oxidation sites excluding steroid dienone is 1. The van der Waals surface area contributed by atoms with Gasteiger partial charge in [-0.05, 0) is 31.1 Å². The van der Waals surface area contributed by atoms with Gasteiger partial charge >= 0.3 is 0 Å². The second-order valence-corrected chi connectivity index (χ2v) is 2.94. The van der Waals surface area contributed by atoms with Crippen LogP contribution in [-0.2, 0) is 0 Å². The third-order valence-corrected chi connectivity index (χ3v) is 1.93. The molecule has 64 valence electrons. The maximum atomic E-state index is 13.1. The monoisotopic (exact) mass is 164 g/mol. The SMILES string of the molecule is C=C(CC)c1cc(C)ccc1F. The highest BCUT2D eigenvalue weighted by atomic mass is 19.1. The molecule has 0 saturated carbocycles. The summed E-state index contributed by atoms with van der Waals surface area (Å²) in [6.07, 6.45) is 0.792. The molecule has 0 aliphatic carbocycles. The highest BCUT2D eigenvalue weighted by molar-refractivity contribution is 5.64. The fraction of sp³-hybridized carbons (Fsp3) is 0.273. The Morgan fingerprint density at radius 3 is 2.75 bits per heavy atom. The zero-order valence-corrected chi connectivity index (χ0v) is 7.52. The molecule has 1 rings (SSSR count). The van der Waals surface area contributed by atoms with E-state index in [1.54, 1.807) is 6.07 Å². The number of benzene rings is 1. The second-order valence-electron chi connectivity index (χ2n) is 2.94. The van der Waals surface area contributed by atoms with Gasteiger partial charge < -0.3 is 0 Å². The van der Waals surface area contributed by atoms with Gasteiger partial charge in [0.1, 0.15) is 5.82 Å². The van der Waals surface area contributed by atoms with Crippen molar-refractivity contribution in [3.63, 3.8) is 0 Å². The Morgan fingerprint density at radius 2 is 2.17 bits per heavy atom. The van der Waals surface area contributed by atoms with Crippen LogP contribution in [0.25, 0.3) is 5.57 Å². The topological polar surface area (TPSA) is 0 Å². The van der Waals surface area contributed by atoms with Crippen LogP contribution in [0.5, 0.6) is 0 Å². The van der Waals surface area contributed by atoms with Crippen molar-refractivity contribution in [2.75, 3.05) is 0 Å². The van der Waals surface area contributed by atoms with Crippen molar-refractivity contribution in [1.29, 1.82) is 0 Å². The molecule has 12 heavy (non-hydrogen) atoms. The Hall–Kier alpha value is -1.11. The van der Waals surface area contributed by atoms with Crippen LogP contribution >= 0.6 is 0 Å². The van der Waals surface area contributed by atoms with Gasteiger partial charge in [0.2, 0.25) is 0 Å². The lowest BCUT2D eigenvalue weighted by Gasteiger charge is -2.04. The van der Waals surface area contributed by atoms with Gasteiger partial charge in [-0.15, -0.1) is 0 Å². The normalized spacial score (nSPS) is 9.92. The first-order chi connectivity index (χ1) is 5.65. The number of aryl methyl sites for hydroxylation is 1. The molecule has 0 atom stereocenters. The molecule has 0 bridgehead atoms. The van der Waals surface area contributed by atoms with Crippen molar-refractivity contribution in [3.05, 3.63) is 41.7 Å². The zero-order valence-electron chi connectivity index (χ0n) is 7.52. The minimum absolute atomic E-state index is 0.174. The lowest BCUT2D eigenvalue weighted by atomic mass is 10.0. The van der Waals surface area contributed by atoms with E-state index >= 15 is 0 Å². The Balaban J connectivity index is 3.13. The number of hydrogen-bond donors (Lipinski definition) is 0. The summed E-state index contributed by atoms with van der Waals surface area (Å²) in [6, 6.07) is 5.09. The molecular weight excluding hydrogens is 151 g/mol. The zero-order chi connectivity index (χ0) is 9.14. The molecule has 0 N–H and O–H groups in total. The summed E-state index contributed by atoms with van der Waals surface area (Å²) >= 11 is 0. The molecule has 1 aromatic rings. The summed E-state index contributed by atoms with van der Waals surface area (Å²) < 4.78 is 13.1. The van der Waals surface area contributed by atoms with Crippen LogP contribution in [0.4, 0.5) is 4.39 Å². The van der Waals surface area contributed by atoms with Gasteiger partial charge in [-0.25, -0.2) is 4.39 Å². The molecule has 1 heteroatoms. The van der Waals surface area contributed by atoms with Gasteiger partial charge in [0.15, 0.2) is 0 Å². The van der Waals surface area contributed by atoms with Crippen molar-refractivity contribution in [1.82, 2.24) is 0 Å². The molecule has 0 spiro atoms. The van der Waals surface area contributed by atoms with Crippen LogP contribution in [0.3, 0.4) is 0 Å². The standard InChI is InChI=1S/C11H13F/c1-4-9(3)10-7-8(2)5-6-11(10)12/h5-7H,3-4H2,1-2H3. The van der Waals surface area contributed by atoms with E-state index in [4.69, 9.17) is 0 Å². The van der Waals surface area contributed by atoms with Crippen LogP contribution in [0, 0.1) is 12.7 Å². The molecule has 0 radical (unpaired) electrons. The molecule has 1 aromatic carbocycles. The van der Waals surface area contributed by atoms with Crippen LogP contribution < -0.4 is 0 Å². The van der Waals surface area contributed by atoms with Crippen molar-refractivity contribution in [2.24, 2.45) is 0 Å². The van der Waals surface area contributed by atoms with Gasteiger partial charge in [-0.2, -0.15) is 0 Å². The van der Waals surface area contributed by atoms with E-state index in [0.717, 1.165) is 17.6 Å². The maximum absolute atomic E-state index is 13.1. The molecule has 0 heterocycles. The Labute approximate surface area is 72.7 Å². The number of rotatable bonds is 2. The highest BCUT2D eigenvalue weighted by Gasteiger charge is 2.03. The van der Waals surface area contributed by atoms with Gasteiger partial charge in [-0.3, -0.25) is 0 Å². The summed E-state index contributed by atoms with van der Waals surface area (Å²) in [5.74, 6) is -0.174. The average molecular weight is 164 g/mol. The third kappa shape index (κ3) is 1.73. The van der Waals surface area contributed by atoms with E-state index in [2.05, 4.69) is 6.58 Å². The van der Waals surface area contributed by atoms with Crippen LogP contribution in [0.15, 0.2) is 24.8 Å². The molecule has 0 aromatic heterocycles. The van der Waals surface area contributed by atoms with Crippen molar-refractivity contribution in [3.8, 4) is 0 Å². The predicted octanol–water partition coefficient (Wildman–Crippen LogP) is 3.56. The molecule has 0 aliphatic heterocycles. The van der Waals surface area contributed by atoms with Crippen LogP contribution in [0.1, 0.15) is 24.5 Å². The summed E-state index contributed by atoms with van der Waals surface area (Å²) in [5, 5.41) is 0. The lowest BCUT2D eigenvalue weighted by molar-refractivity contribution is 0.623. The van der Waals surface area contributed by atoms with Crippen molar-refractivity contribution in [2.45, 2.75) is 20.3 Å². The predicted molar refractivity (Wildman–Crippen MR) is 50.5 cm³/mol. The first kappa shape index (κ1) is 8.98. The number of halogens is 1. The van der Waals surface area contributed by atoms with Crippen LogP contribution in [-0.4, -0.2) is 0 Å². The van der Waals surface area contributed by atoms with E-state index in [1.165, 1.54) is 6.07 Å². The molecule has 0 aliphatic rings. The van der Waals surface area contributed by atoms with E-state index < -0.39 is 0 Å². The largest absolute Gasteiger partial charge is 0.206 e. The summed E-state index contributed by atoms with van der Waals surface area (Å²) in [6.45, 7) is 7.73. The van der Waals surface area contributed by atoms with E-state index in [1.807, 2.05) is 19.9 Å². The first-order valence-electron chi connectivity index (χ1n) is 4.09. The minimum Gasteiger partial charge on any atom is -0.206 e. The number of hydrogen-bond acceptors (Lipinski definition) is 0. The van der Waals surface area contributed by atoms with Crippen molar-refractivity contribution >= 4 is 5.57 Å². The minimum atomic E-state index is -0.174. The van der Waals surface area contributed by atoms with Crippen molar-refractivity contribution < 1.29 is 4.39 Å². The third-order valence-electron chi connectivity index (χ3n) is 1.93. The quantitative estimate of drug-likeness (QED) is 0.627. The maximum Gasteiger partial charge on any atom is 0.130 e.